The minimum Gasteiger partial charge on any atom is -0.384 e. The van der Waals surface area contributed by atoms with E-state index >= 15 is 0 Å². The normalized spacial score (nSPS) is 17.1. The number of aromatic nitrogens is 5. The van der Waals surface area contributed by atoms with Gasteiger partial charge in [0.1, 0.15) is 22.9 Å². The van der Waals surface area contributed by atoms with Gasteiger partial charge in [0.05, 0.1) is 6.54 Å². The van der Waals surface area contributed by atoms with Crippen molar-refractivity contribution in [1.29, 1.82) is 0 Å². The van der Waals surface area contributed by atoms with E-state index in [9.17, 15) is 0 Å². The largest absolute Gasteiger partial charge is 0.384 e. The van der Waals surface area contributed by atoms with Crippen LogP contribution >= 0.6 is 0 Å². The van der Waals surface area contributed by atoms with E-state index in [1.165, 1.54) is 0 Å². The third-order valence-electron chi connectivity index (χ3n) is 4.86. The summed E-state index contributed by atoms with van der Waals surface area (Å²) in [5, 5.41) is 4.07. The van der Waals surface area contributed by atoms with Crippen molar-refractivity contribution in [3.63, 3.8) is 0 Å². The van der Waals surface area contributed by atoms with Gasteiger partial charge in [-0.3, -0.25) is 9.88 Å². The van der Waals surface area contributed by atoms with Gasteiger partial charge in [0.25, 0.3) is 5.89 Å². The van der Waals surface area contributed by atoms with E-state index in [4.69, 9.17) is 15.0 Å². The summed E-state index contributed by atoms with van der Waals surface area (Å²) in [7, 11) is 1.68. The number of nitrogens with zero attached hydrogens (tertiary/aromatic N) is 6. The SMILES string of the molecule is COC1(c2nc(-c3ccccn3)no2)CCN(Cc2nccc(N)n2)CC1. The van der Waals surface area contributed by atoms with Crippen LogP contribution < -0.4 is 5.73 Å². The number of piperidine rings is 1. The van der Waals surface area contributed by atoms with Crippen LogP contribution in [0.1, 0.15) is 24.6 Å². The number of pyridine rings is 1. The highest BCUT2D eigenvalue weighted by Gasteiger charge is 2.41. The lowest BCUT2D eigenvalue weighted by atomic mass is 9.91. The van der Waals surface area contributed by atoms with Crippen LogP contribution in [0, 0.1) is 0 Å². The highest BCUT2D eigenvalue weighted by molar-refractivity contribution is 5.47. The van der Waals surface area contributed by atoms with Crippen LogP contribution in [0.25, 0.3) is 11.5 Å². The molecule has 0 atom stereocenters. The molecule has 1 aliphatic heterocycles. The molecule has 0 amide bonds. The molecule has 1 saturated heterocycles. The number of hydrogen-bond donors (Lipinski definition) is 1. The monoisotopic (exact) mass is 367 g/mol. The fourth-order valence-corrected chi connectivity index (χ4v) is 3.28. The van der Waals surface area contributed by atoms with Crippen molar-refractivity contribution < 1.29 is 9.26 Å². The number of nitrogens with two attached hydrogens (primary N) is 1. The van der Waals surface area contributed by atoms with E-state index < -0.39 is 5.60 Å². The summed E-state index contributed by atoms with van der Waals surface area (Å²) < 4.78 is 11.4. The minimum absolute atomic E-state index is 0.470. The third-order valence-corrected chi connectivity index (χ3v) is 4.86. The molecule has 1 aliphatic rings. The maximum absolute atomic E-state index is 5.84. The van der Waals surface area contributed by atoms with Crippen molar-refractivity contribution in [2.45, 2.75) is 25.0 Å². The van der Waals surface area contributed by atoms with Gasteiger partial charge >= 0.3 is 0 Å². The van der Waals surface area contributed by atoms with Crippen molar-refractivity contribution in [2.24, 2.45) is 0 Å². The molecular weight excluding hydrogens is 346 g/mol. The van der Waals surface area contributed by atoms with Crippen molar-refractivity contribution in [1.82, 2.24) is 30.0 Å². The van der Waals surface area contributed by atoms with Crippen LogP contribution in [0.5, 0.6) is 0 Å². The second-order valence-corrected chi connectivity index (χ2v) is 6.51. The predicted molar refractivity (Wildman–Crippen MR) is 97.2 cm³/mol. The molecule has 140 valence electrons. The second-order valence-electron chi connectivity index (χ2n) is 6.51. The number of anilines is 1. The zero-order chi connectivity index (χ0) is 18.7. The van der Waals surface area contributed by atoms with Crippen molar-refractivity contribution in [3.05, 3.63) is 48.4 Å². The van der Waals surface area contributed by atoms with Gasteiger partial charge in [-0.15, -0.1) is 0 Å². The van der Waals surface area contributed by atoms with Gasteiger partial charge in [-0.2, -0.15) is 4.98 Å². The van der Waals surface area contributed by atoms with E-state index in [2.05, 4.69) is 30.0 Å². The highest BCUT2D eigenvalue weighted by Crippen LogP contribution is 2.36. The summed E-state index contributed by atoms with van der Waals surface area (Å²) in [6, 6.07) is 7.27. The Balaban J connectivity index is 1.46. The summed E-state index contributed by atoms with van der Waals surface area (Å²) in [4.78, 5) is 19.6. The molecule has 3 aromatic heterocycles. The Morgan fingerprint density at radius 1 is 1.15 bits per heavy atom. The smallest absolute Gasteiger partial charge is 0.259 e. The lowest BCUT2D eigenvalue weighted by Crippen LogP contribution is -2.43. The second kappa shape index (κ2) is 7.37. The van der Waals surface area contributed by atoms with E-state index in [1.807, 2.05) is 18.2 Å². The number of hydrogen-bond acceptors (Lipinski definition) is 9. The number of methoxy groups -OCH3 is 1. The molecule has 0 radical (unpaired) electrons. The standard InChI is InChI=1S/C18H21N7O2/c1-26-18(17-23-16(24-27-17)13-4-2-3-8-20-13)6-10-25(11-7-18)12-15-21-9-5-14(19)22-15/h2-5,8-9H,6-7,10-12H2,1H3,(H2,19,21,22). The third kappa shape index (κ3) is 3.64. The van der Waals surface area contributed by atoms with E-state index in [1.54, 1.807) is 25.6 Å². The molecule has 4 heterocycles. The van der Waals surface area contributed by atoms with Gasteiger partial charge in [0.15, 0.2) is 0 Å². The molecule has 0 aliphatic carbocycles. The van der Waals surface area contributed by atoms with Gasteiger partial charge in [-0.05, 0) is 31.0 Å². The Hall–Kier alpha value is -2.91. The molecule has 0 aromatic carbocycles. The molecule has 4 rings (SSSR count). The van der Waals surface area contributed by atoms with Crippen LogP contribution in [0.2, 0.25) is 0 Å². The Bertz CT molecular complexity index is 891. The summed E-state index contributed by atoms with van der Waals surface area (Å²) in [6.45, 7) is 2.24. The minimum atomic E-state index is -0.590. The van der Waals surface area contributed by atoms with Crippen LogP contribution in [-0.2, 0) is 16.9 Å². The topological polar surface area (TPSA) is 116 Å². The fourth-order valence-electron chi connectivity index (χ4n) is 3.28. The van der Waals surface area contributed by atoms with E-state index in [0.717, 1.165) is 31.8 Å². The maximum Gasteiger partial charge on any atom is 0.259 e. The zero-order valence-electron chi connectivity index (χ0n) is 15.1. The van der Waals surface area contributed by atoms with Gasteiger partial charge in [0.2, 0.25) is 5.82 Å². The van der Waals surface area contributed by atoms with Crippen molar-refractivity contribution >= 4 is 5.82 Å². The van der Waals surface area contributed by atoms with Gasteiger partial charge in [-0.25, -0.2) is 9.97 Å². The van der Waals surface area contributed by atoms with Crippen LogP contribution in [0.3, 0.4) is 0 Å². The summed E-state index contributed by atoms with van der Waals surface area (Å²) in [6.07, 6.45) is 4.85. The molecule has 9 heteroatoms. The predicted octanol–water partition coefficient (Wildman–Crippen LogP) is 1.64. The van der Waals surface area contributed by atoms with Gasteiger partial charge < -0.3 is 15.0 Å². The zero-order valence-corrected chi connectivity index (χ0v) is 15.1. The molecular formula is C18H21N7O2. The van der Waals surface area contributed by atoms with E-state index in [-0.39, 0.29) is 0 Å². The van der Waals surface area contributed by atoms with Gasteiger partial charge in [0, 0.05) is 32.6 Å². The van der Waals surface area contributed by atoms with Crippen molar-refractivity contribution in [3.8, 4) is 11.5 Å². The lowest BCUT2D eigenvalue weighted by molar-refractivity contribution is -0.0841. The highest BCUT2D eigenvalue weighted by atomic mass is 16.5. The number of rotatable bonds is 5. The Morgan fingerprint density at radius 2 is 2.00 bits per heavy atom. The maximum atomic E-state index is 5.84. The van der Waals surface area contributed by atoms with Crippen LogP contribution in [0.4, 0.5) is 5.82 Å². The summed E-state index contributed by atoms with van der Waals surface area (Å²) in [5.74, 6) is 2.16. The molecule has 0 unspecified atom stereocenters. The average molecular weight is 367 g/mol. The Labute approximate surface area is 156 Å². The number of ether oxygens (including phenoxy) is 1. The van der Waals surface area contributed by atoms with Crippen LogP contribution in [0.15, 0.2) is 41.2 Å². The molecule has 0 spiro atoms. The Morgan fingerprint density at radius 3 is 2.70 bits per heavy atom. The Kier molecular flexibility index (Phi) is 4.78. The average Bonchev–Trinajstić information content (AvgIpc) is 3.20. The lowest BCUT2D eigenvalue weighted by Gasteiger charge is -2.37. The molecule has 27 heavy (non-hydrogen) atoms. The molecule has 0 saturated carbocycles. The molecule has 0 bridgehead atoms. The number of nitrogen functional groups attached to an aromatic ring is 1. The summed E-state index contributed by atoms with van der Waals surface area (Å²) in [5.41, 5.74) is 5.82. The molecule has 2 N–H and O–H groups in total. The first kappa shape index (κ1) is 17.5. The molecule has 9 nitrogen and oxygen atoms in total. The first-order valence-electron chi connectivity index (χ1n) is 8.79. The molecule has 1 fully saturated rings. The van der Waals surface area contributed by atoms with Gasteiger partial charge in [-0.1, -0.05) is 11.2 Å². The van der Waals surface area contributed by atoms with Crippen molar-refractivity contribution in [2.75, 3.05) is 25.9 Å². The number of likely N-dealkylation sites (tertiary alicyclic amines) is 1. The first-order chi connectivity index (χ1) is 13.2. The fraction of sp³-hybridized carbons (Fsp3) is 0.389. The summed E-state index contributed by atoms with van der Waals surface area (Å²) >= 11 is 0. The quantitative estimate of drug-likeness (QED) is 0.718. The van der Waals surface area contributed by atoms with Crippen LogP contribution in [-0.4, -0.2) is 50.2 Å². The molecule has 3 aromatic rings. The van der Waals surface area contributed by atoms with E-state index in [0.29, 0.717) is 29.8 Å². The first-order valence-corrected chi connectivity index (χ1v) is 8.79.